The monoisotopic (exact) mass is 242 g/mol. The van der Waals surface area contributed by atoms with Crippen LogP contribution in [-0.4, -0.2) is 54.1 Å². The quantitative estimate of drug-likeness (QED) is 0.638. The van der Waals surface area contributed by atoms with Gasteiger partial charge in [0.1, 0.15) is 0 Å². The molecule has 0 radical (unpaired) electrons. The number of benzene rings is 1. The number of aromatic carboxylic acids is 1. The number of likely N-dealkylation sites (N-methyl/N-ethyl adjacent to an activating group) is 1. The third-order valence-electron chi connectivity index (χ3n) is 3.24. The van der Waals surface area contributed by atoms with Crippen LogP contribution in [0.3, 0.4) is 0 Å². The molecule has 0 bridgehead atoms. The molecule has 1 aliphatic rings. The van der Waals surface area contributed by atoms with Crippen LogP contribution in [0.5, 0.6) is 0 Å². The molecule has 1 aliphatic heterocycles. The number of carboxylic acid groups (broad SMARTS) is 1. The van der Waals surface area contributed by atoms with Crippen molar-refractivity contribution < 1.29 is 30.2 Å². The average molecular weight is 242 g/mol. The first-order valence-electron chi connectivity index (χ1n) is 5.89. The SMILES string of the molecule is CN1CCN(Cc2ccccc2C(=O)O)CC1.[H-].[Li+]. The number of rotatable bonds is 3. The summed E-state index contributed by atoms with van der Waals surface area (Å²) < 4.78 is 0. The Morgan fingerprint density at radius 1 is 1.28 bits per heavy atom. The Morgan fingerprint density at radius 3 is 2.50 bits per heavy atom. The van der Waals surface area contributed by atoms with Gasteiger partial charge in [-0.2, -0.15) is 0 Å². The van der Waals surface area contributed by atoms with Gasteiger partial charge < -0.3 is 11.4 Å². The summed E-state index contributed by atoms with van der Waals surface area (Å²) in [6, 6.07) is 7.25. The summed E-state index contributed by atoms with van der Waals surface area (Å²) >= 11 is 0. The van der Waals surface area contributed by atoms with Gasteiger partial charge in [0.05, 0.1) is 5.56 Å². The van der Waals surface area contributed by atoms with Crippen LogP contribution in [-0.2, 0) is 6.54 Å². The van der Waals surface area contributed by atoms with Gasteiger partial charge in [-0.05, 0) is 18.7 Å². The predicted octanol–water partition coefficient (Wildman–Crippen LogP) is -1.75. The largest absolute Gasteiger partial charge is 1.00 e. The van der Waals surface area contributed by atoms with E-state index in [4.69, 9.17) is 5.11 Å². The van der Waals surface area contributed by atoms with E-state index in [0.717, 1.165) is 38.3 Å². The van der Waals surface area contributed by atoms with Gasteiger partial charge >= 0.3 is 24.8 Å². The molecule has 0 unspecified atom stereocenters. The van der Waals surface area contributed by atoms with Gasteiger partial charge in [-0.15, -0.1) is 0 Å². The van der Waals surface area contributed by atoms with Crippen LogP contribution in [0, 0.1) is 0 Å². The van der Waals surface area contributed by atoms with Crippen LogP contribution in [0.2, 0.25) is 0 Å². The molecule has 1 saturated heterocycles. The molecule has 94 valence electrons. The van der Waals surface area contributed by atoms with E-state index in [2.05, 4.69) is 16.8 Å². The average Bonchev–Trinajstić information content (AvgIpc) is 2.32. The van der Waals surface area contributed by atoms with E-state index in [9.17, 15) is 4.79 Å². The smallest absolute Gasteiger partial charge is 1.00 e. The van der Waals surface area contributed by atoms with Gasteiger partial charge in [0, 0.05) is 32.7 Å². The third-order valence-corrected chi connectivity index (χ3v) is 3.24. The molecule has 0 spiro atoms. The van der Waals surface area contributed by atoms with Crippen LogP contribution in [0.15, 0.2) is 24.3 Å². The molecule has 18 heavy (non-hydrogen) atoms. The summed E-state index contributed by atoms with van der Waals surface area (Å²) in [6.45, 7) is 4.84. The molecule has 1 fully saturated rings. The van der Waals surface area contributed by atoms with Gasteiger partial charge in [0.25, 0.3) is 0 Å². The Labute approximate surface area is 121 Å². The number of hydrogen-bond donors (Lipinski definition) is 1. The first-order valence-corrected chi connectivity index (χ1v) is 5.89. The van der Waals surface area contributed by atoms with E-state index in [1.165, 1.54) is 0 Å². The van der Waals surface area contributed by atoms with Gasteiger partial charge in [0.15, 0.2) is 0 Å². The topological polar surface area (TPSA) is 43.8 Å². The van der Waals surface area contributed by atoms with Crippen molar-refractivity contribution in [3.8, 4) is 0 Å². The molecule has 4 nitrogen and oxygen atoms in total. The second kappa shape index (κ2) is 6.96. The fourth-order valence-corrected chi connectivity index (χ4v) is 2.11. The number of piperazine rings is 1. The van der Waals surface area contributed by atoms with E-state index >= 15 is 0 Å². The summed E-state index contributed by atoms with van der Waals surface area (Å²) in [5.74, 6) is -0.838. The van der Waals surface area contributed by atoms with Gasteiger partial charge in [0.2, 0.25) is 0 Å². The van der Waals surface area contributed by atoms with Crippen molar-refractivity contribution in [2.75, 3.05) is 33.2 Å². The first-order chi connectivity index (χ1) is 8.16. The van der Waals surface area contributed by atoms with Gasteiger partial charge in [-0.25, -0.2) is 4.79 Å². The molecular weight excluding hydrogens is 223 g/mol. The zero-order valence-corrected chi connectivity index (χ0v) is 11.1. The van der Waals surface area contributed by atoms with Crippen molar-refractivity contribution in [2.45, 2.75) is 6.54 Å². The van der Waals surface area contributed by atoms with Gasteiger partial charge in [-0.1, -0.05) is 18.2 Å². The van der Waals surface area contributed by atoms with Crippen LogP contribution in [0.1, 0.15) is 17.3 Å². The normalized spacial score (nSPS) is 17.2. The van der Waals surface area contributed by atoms with Crippen molar-refractivity contribution in [1.29, 1.82) is 0 Å². The molecular formula is C13H19LiN2O2. The fraction of sp³-hybridized carbons (Fsp3) is 0.462. The number of carboxylic acids is 1. The second-order valence-electron chi connectivity index (χ2n) is 4.54. The molecule has 0 aromatic heterocycles. The third kappa shape index (κ3) is 3.86. The standard InChI is InChI=1S/C13H18N2O2.Li.H/c1-14-6-8-15(9-7-14)10-11-4-2-3-5-12(11)13(16)17;;/h2-5H,6-10H2,1H3,(H,16,17);;/q;+1;-1. The zero-order valence-electron chi connectivity index (χ0n) is 12.1. The molecule has 5 heteroatoms. The maximum atomic E-state index is 11.1. The molecule has 0 saturated carbocycles. The maximum absolute atomic E-state index is 11.1. The summed E-state index contributed by atoms with van der Waals surface area (Å²) in [5.41, 5.74) is 1.33. The van der Waals surface area contributed by atoms with E-state index in [-0.39, 0.29) is 20.3 Å². The minimum Gasteiger partial charge on any atom is -1.00 e. The summed E-state index contributed by atoms with van der Waals surface area (Å²) in [6.07, 6.45) is 0. The van der Waals surface area contributed by atoms with Crippen molar-refractivity contribution >= 4 is 5.97 Å². The van der Waals surface area contributed by atoms with E-state index in [1.54, 1.807) is 12.1 Å². The van der Waals surface area contributed by atoms with Crippen LogP contribution < -0.4 is 18.9 Å². The first kappa shape index (κ1) is 15.3. The van der Waals surface area contributed by atoms with Crippen LogP contribution >= 0.6 is 0 Å². The molecule has 0 aliphatic carbocycles. The summed E-state index contributed by atoms with van der Waals surface area (Å²) in [5, 5.41) is 9.11. The number of hydrogen-bond acceptors (Lipinski definition) is 3. The Morgan fingerprint density at radius 2 is 1.89 bits per heavy atom. The van der Waals surface area contributed by atoms with E-state index in [0.29, 0.717) is 5.56 Å². The van der Waals surface area contributed by atoms with Crippen LogP contribution in [0.4, 0.5) is 0 Å². The Balaban J connectivity index is 0.00000162. The minimum atomic E-state index is -0.838. The van der Waals surface area contributed by atoms with Crippen molar-refractivity contribution in [3.63, 3.8) is 0 Å². The van der Waals surface area contributed by atoms with Crippen molar-refractivity contribution in [3.05, 3.63) is 35.4 Å². The second-order valence-corrected chi connectivity index (χ2v) is 4.54. The molecule has 1 N–H and O–H groups in total. The van der Waals surface area contributed by atoms with E-state index < -0.39 is 5.97 Å². The fourth-order valence-electron chi connectivity index (χ4n) is 2.11. The molecule has 2 rings (SSSR count). The maximum Gasteiger partial charge on any atom is 1.00 e. The Hall–Kier alpha value is -0.793. The molecule has 0 atom stereocenters. The number of carbonyl (C=O) groups is 1. The molecule has 0 amide bonds. The zero-order chi connectivity index (χ0) is 12.3. The Kier molecular flexibility index (Phi) is 5.90. The summed E-state index contributed by atoms with van der Waals surface area (Å²) in [7, 11) is 2.11. The number of nitrogens with zero attached hydrogens (tertiary/aromatic N) is 2. The summed E-state index contributed by atoms with van der Waals surface area (Å²) in [4.78, 5) is 15.7. The minimum absolute atomic E-state index is 0. The Bertz CT molecular complexity index is 409. The van der Waals surface area contributed by atoms with E-state index in [1.807, 2.05) is 12.1 Å². The predicted molar refractivity (Wildman–Crippen MR) is 67.3 cm³/mol. The van der Waals surface area contributed by atoms with Crippen molar-refractivity contribution in [2.24, 2.45) is 0 Å². The molecule has 1 aromatic rings. The van der Waals surface area contributed by atoms with Crippen LogP contribution in [0.25, 0.3) is 0 Å². The van der Waals surface area contributed by atoms with Crippen molar-refractivity contribution in [1.82, 2.24) is 9.80 Å². The molecule has 1 heterocycles. The molecule has 1 aromatic carbocycles. The van der Waals surface area contributed by atoms with Gasteiger partial charge in [-0.3, -0.25) is 4.90 Å².